The molecule has 2 amide bonds. The minimum atomic E-state index is -4.08. The van der Waals surface area contributed by atoms with Gasteiger partial charge in [0.2, 0.25) is 21.8 Å². The Morgan fingerprint density at radius 1 is 1.06 bits per heavy atom. The van der Waals surface area contributed by atoms with Crippen LogP contribution in [-0.2, 0) is 32.5 Å². The lowest BCUT2D eigenvalue weighted by atomic mass is 10.1. The Bertz CT molecular complexity index is 1390. The lowest BCUT2D eigenvalue weighted by Gasteiger charge is -2.20. The monoisotopic (exact) mass is 509 g/mol. The largest absolute Gasteiger partial charge is 0.325 e. The number of nitrogens with zero attached hydrogens (tertiary/aromatic N) is 1. The summed E-state index contributed by atoms with van der Waals surface area (Å²) in [5, 5.41) is 2.62. The summed E-state index contributed by atoms with van der Waals surface area (Å²) < 4.78 is 43.2. The van der Waals surface area contributed by atoms with Crippen LogP contribution >= 0.6 is 0 Å². The van der Waals surface area contributed by atoms with E-state index >= 15 is 0 Å². The molecular weight excluding hydrogens is 481 g/mol. The molecule has 36 heavy (non-hydrogen) atoms. The number of benzene rings is 3. The van der Waals surface area contributed by atoms with Gasteiger partial charge in [-0.3, -0.25) is 9.59 Å². The van der Waals surface area contributed by atoms with Gasteiger partial charge in [-0.15, -0.1) is 0 Å². The number of anilines is 2. The van der Waals surface area contributed by atoms with Crippen LogP contribution in [0.2, 0.25) is 0 Å². The van der Waals surface area contributed by atoms with Crippen molar-refractivity contribution in [1.29, 1.82) is 0 Å². The number of amides is 2. The van der Waals surface area contributed by atoms with Gasteiger partial charge in [0.25, 0.3) is 0 Å². The van der Waals surface area contributed by atoms with Crippen molar-refractivity contribution in [1.82, 2.24) is 4.72 Å². The molecule has 0 saturated carbocycles. The van der Waals surface area contributed by atoms with Gasteiger partial charge in [-0.2, -0.15) is 4.72 Å². The van der Waals surface area contributed by atoms with E-state index in [-0.39, 0.29) is 22.9 Å². The van der Waals surface area contributed by atoms with E-state index in [4.69, 9.17) is 0 Å². The van der Waals surface area contributed by atoms with Gasteiger partial charge in [-0.1, -0.05) is 43.3 Å². The van der Waals surface area contributed by atoms with E-state index in [0.29, 0.717) is 30.6 Å². The molecule has 0 bridgehead atoms. The molecule has 4 rings (SSSR count). The highest BCUT2D eigenvalue weighted by molar-refractivity contribution is 7.89. The molecule has 2 N–H and O–H groups in total. The molecule has 0 radical (unpaired) electrons. The summed E-state index contributed by atoms with van der Waals surface area (Å²) in [6.07, 6.45) is 1.02. The molecule has 0 saturated heterocycles. The summed E-state index contributed by atoms with van der Waals surface area (Å²) in [4.78, 5) is 27.0. The highest BCUT2D eigenvalue weighted by Gasteiger charge is 2.29. The van der Waals surface area contributed by atoms with Crippen molar-refractivity contribution in [3.05, 3.63) is 89.2 Å². The summed E-state index contributed by atoms with van der Waals surface area (Å²) in [6.45, 7) is 3.90. The maximum absolute atomic E-state index is 14.0. The molecule has 3 aromatic carbocycles. The molecule has 1 atom stereocenters. The second-order valence-corrected chi connectivity index (χ2v) is 10.5. The number of rotatable bonds is 8. The van der Waals surface area contributed by atoms with E-state index in [1.165, 1.54) is 12.1 Å². The van der Waals surface area contributed by atoms with Gasteiger partial charge in [-0.05, 0) is 66.8 Å². The molecular formula is C27H28FN3O4S. The lowest BCUT2D eigenvalue weighted by Crippen LogP contribution is -2.45. The van der Waals surface area contributed by atoms with Crippen LogP contribution in [0.3, 0.4) is 0 Å². The van der Waals surface area contributed by atoms with Crippen molar-refractivity contribution in [3.63, 3.8) is 0 Å². The maximum Gasteiger partial charge on any atom is 0.242 e. The number of fused-ring (bicyclic) bond motifs is 1. The molecule has 1 heterocycles. The van der Waals surface area contributed by atoms with E-state index < -0.39 is 27.8 Å². The van der Waals surface area contributed by atoms with Crippen LogP contribution in [0.15, 0.2) is 71.6 Å². The average Bonchev–Trinajstić information content (AvgIpc) is 3.29. The first-order valence-electron chi connectivity index (χ1n) is 11.7. The van der Waals surface area contributed by atoms with Crippen molar-refractivity contribution in [2.24, 2.45) is 0 Å². The first kappa shape index (κ1) is 25.5. The van der Waals surface area contributed by atoms with Crippen LogP contribution in [0.25, 0.3) is 0 Å². The minimum Gasteiger partial charge on any atom is -0.325 e. The first-order valence-corrected chi connectivity index (χ1v) is 13.2. The van der Waals surface area contributed by atoms with Crippen LogP contribution in [0, 0.1) is 12.7 Å². The lowest BCUT2D eigenvalue weighted by molar-refractivity contribution is -0.118. The van der Waals surface area contributed by atoms with Crippen molar-refractivity contribution >= 4 is 33.2 Å². The molecule has 0 aromatic heterocycles. The third-order valence-electron chi connectivity index (χ3n) is 6.20. The topological polar surface area (TPSA) is 95.6 Å². The van der Waals surface area contributed by atoms with Gasteiger partial charge in [0.05, 0.1) is 4.90 Å². The zero-order chi connectivity index (χ0) is 25.9. The smallest absolute Gasteiger partial charge is 0.242 e. The number of carbonyl (C=O) groups excluding carboxylic acids is 2. The number of halogens is 1. The second kappa shape index (κ2) is 10.6. The summed E-state index contributed by atoms with van der Waals surface area (Å²) in [6, 6.07) is 16.8. The SMILES string of the molecule is CCC(=O)N1CCc2cc(S(=O)(=O)N[C@H](Cc3ccccc3)C(=O)Nc3ccc(C)c(F)c3)ccc21. The zero-order valence-corrected chi connectivity index (χ0v) is 20.9. The fourth-order valence-corrected chi connectivity index (χ4v) is 5.43. The maximum atomic E-state index is 14.0. The van der Waals surface area contributed by atoms with Crippen LogP contribution in [0.1, 0.15) is 30.0 Å². The van der Waals surface area contributed by atoms with Gasteiger partial charge < -0.3 is 10.2 Å². The van der Waals surface area contributed by atoms with Crippen LogP contribution < -0.4 is 14.9 Å². The quantitative estimate of drug-likeness (QED) is 0.481. The number of aryl methyl sites for hydroxylation is 1. The second-order valence-electron chi connectivity index (χ2n) is 8.76. The molecule has 0 fully saturated rings. The Labute approximate surface area is 210 Å². The molecule has 1 aliphatic rings. The number of sulfonamides is 1. The summed E-state index contributed by atoms with van der Waals surface area (Å²) in [7, 11) is -4.08. The highest BCUT2D eigenvalue weighted by atomic mass is 32.2. The third-order valence-corrected chi connectivity index (χ3v) is 7.67. The Hall–Kier alpha value is -3.56. The standard InChI is InChI=1S/C27H28FN3O4S/c1-3-26(32)31-14-13-20-16-22(11-12-25(20)31)36(34,35)30-24(15-19-7-5-4-6-8-19)27(33)29-21-10-9-18(2)23(28)17-21/h4-12,16-17,24,30H,3,13-15H2,1-2H3,(H,29,33)/t24-/m1/s1. The first-order chi connectivity index (χ1) is 17.2. The molecule has 3 aromatic rings. The van der Waals surface area contributed by atoms with Crippen molar-refractivity contribution in [3.8, 4) is 0 Å². The molecule has 188 valence electrons. The Balaban J connectivity index is 1.59. The highest BCUT2D eigenvalue weighted by Crippen LogP contribution is 2.30. The van der Waals surface area contributed by atoms with E-state index in [1.807, 2.05) is 6.07 Å². The normalized spacial score (nSPS) is 13.8. The van der Waals surface area contributed by atoms with Gasteiger partial charge in [0, 0.05) is 24.3 Å². The van der Waals surface area contributed by atoms with E-state index in [9.17, 15) is 22.4 Å². The van der Waals surface area contributed by atoms with Crippen molar-refractivity contribution < 1.29 is 22.4 Å². The predicted molar refractivity (Wildman–Crippen MR) is 137 cm³/mol. The molecule has 0 unspecified atom stereocenters. The average molecular weight is 510 g/mol. The van der Waals surface area contributed by atoms with Crippen molar-refractivity contribution in [2.75, 3.05) is 16.8 Å². The van der Waals surface area contributed by atoms with Crippen LogP contribution in [-0.4, -0.2) is 32.8 Å². The molecule has 7 nitrogen and oxygen atoms in total. The minimum absolute atomic E-state index is 0.0132. The van der Waals surface area contributed by atoms with E-state index in [1.54, 1.807) is 67.3 Å². The van der Waals surface area contributed by atoms with Crippen LogP contribution in [0.5, 0.6) is 0 Å². The summed E-state index contributed by atoms with van der Waals surface area (Å²) in [5.41, 5.74) is 2.90. The van der Waals surface area contributed by atoms with E-state index in [0.717, 1.165) is 11.1 Å². The van der Waals surface area contributed by atoms with Gasteiger partial charge in [0.15, 0.2) is 0 Å². The molecule has 0 aliphatic carbocycles. The number of hydrogen-bond donors (Lipinski definition) is 2. The molecule has 1 aliphatic heterocycles. The fourth-order valence-electron chi connectivity index (χ4n) is 4.19. The number of nitrogens with one attached hydrogen (secondary N) is 2. The summed E-state index contributed by atoms with van der Waals surface area (Å²) in [5.74, 6) is -1.09. The Morgan fingerprint density at radius 2 is 1.81 bits per heavy atom. The fraction of sp³-hybridized carbons (Fsp3) is 0.259. The molecule has 9 heteroatoms. The molecule has 0 spiro atoms. The predicted octanol–water partition coefficient (Wildman–Crippen LogP) is 3.96. The summed E-state index contributed by atoms with van der Waals surface area (Å²) >= 11 is 0. The van der Waals surface area contributed by atoms with Gasteiger partial charge in [0.1, 0.15) is 11.9 Å². The number of hydrogen-bond acceptors (Lipinski definition) is 4. The Kier molecular flexibility index (Phi) is 7.51. The van der Waals surface area contributed by atoms with E-state index in [2.05, 4.69) is 10.0 Å². The van der Waals surface area contributed by atoms with Crippen LogP contribution in [0.4, 0.5) is 15.8 Å². The third kappa shape index (κ3) is 5.63. The number of carbonyl (C=O) groups is 2. The van der Waals surface area contributed by atoms with Gasteiger partial charge in [-0.25, -0.2) is 12.8 Å². The Morgan fingerprint density at radius 3 is 2.50 bits per heavy atom. The zero-order valence-electron chi connectivity index (χ0n) is 20.1. The van der Waals surface area contributed by atoms with Crippen molar-refractivity contribution in [2.45, 2.75) is 44.0 Å². The van der Waals surface area contributed by atoms with Gasteiger partial charge >= 0.3 is 0 Å².